The van der Waals surface area contributed by atoms with Crippen LogP contribution in [0.5, 0.6) is 0 Å². The molecule has 0 aliphatic heterocycles. The van der Waals surface area contributed by atoms with Gasteiger partial charge in [-0.1, -0.05) is 130 Å². The summed E-state index contributed by atoms with van der Waals surface area (Å²) in [5, 5.41) is 38.0. The van der Waals surface area contributed by atoms with Crippen molar-refractivity contribution in [1.29, 1.82) is 0 Å². The van der Waals surface area contributed by atoms with Crippen molar-refractivity contribution in [2.24, 2.45) is 5.41 Å². The van der Waals surface area contributed by atoms with Gasteiger partial charge in [-0.3, -0.25) is 4.79 Å². The van der Waals surface area contributed by atoms with Crippen LogP contribution in [-0.4, -0.2) is 57.6 Å². The zero-order valence-corrected chi connectivity index (χ0v) is 25.5. The standard InChI is InChI=1S/C15H32O4.C15H30O2S/c1-2-3-4-5-6-7-8-9-10-14(19)15(11-16,12-17)13-18;1-4-6-7-8-9-10-11-12-13-14(3)18-17-15(16)5-2/h14,16-19H,2-13H2,1H3;14H,4-13H2,1-3H3. The fourth-order valence-electron chi connectivity index (χ4n) is 4.05. The molecule has 2 unspecified atom stereocenters. The summed E-state index contributed by atoms with van der Waals surface area (Å²) in [5.74, 6) is -0.109. The number of aliphatic hydroxyl groups excluding tert-OH is 4. The summed E-state index contributed by atoms with van der Waals surface area (Å²) in [6.07, 6.45) is 21.6. The van der Waals surface area contributed by atoms with Crippen LogP contribution in [0.25, 0.3) is 0 Å². The molecule has 0 amide bonds. The molecule has 6 nitrogen and oxygen atoms in total. The maximum atomic E-state index is 11.0. The van der Waals surface area contributed by atoms with Gasteiger partial charge in [-0.2, -0.15) is 0 Å². The third-order valence-corrected chi connectivity index (χ3v) is 7.89. The van der Waals surface area contributed by atoms with Gasteiger partial charge in [-0.25, -0.2) is 0 Å². The average Bonchev–Trinajstić information content (AvgIpc) is 2.92. The maximum absolute atomic E-state index is 11.0. The SMILES string of the molecule is CCCCCCCCCCC(C)SOC(=O)CC.CCCCCCCCCCC(O)C(CO)(CO)CO. The second kappa shape index (κ2) is 28.7. The van der Waals surface area contributed by atoms with E-state index in [-0.39, 0.29) is 5.97 Å². The molecule has 0 aliphatic rings. The molecule has 37 heavy (non-hydrogen) atoms. The normalized spacial score (nSPS) is 13.1. The van der Waals surface area contributed by atoms with Crippen LogP contribution in [0.3, 0.4) is 0 Å². The Morgan fingerprint density at radius 2 is 1.05 bits per heavy atom. The molecule has 0 bridgehead atoms. The molecule has 0 aromatic rings. The van der Waals surface area contributed by atoms with E-state index in [4.69, 9.17) is 4.18 Å². The van der Waals surface area contributed by atoms with E-state index in [1.165, 1.54) is 102 Å². The molecule has 0 spiro atoms. The van der Waals surface area contributed by atoms with Gasteiger partial charge >= 0.3 is 5.97 Å². The smallest absolute Gasteiger partial charge is 0.317 e. The Labute approximate surface area is 233 Å². The first-order chi connectivity index (χ1) is 17.9. The minimum Gasteiger partial charge on any atom is -0.396 e. The maximum Gasteiger partial charge on any atom is 0.317 e. The molecule has 4 N–H and O–H groups in total. The molecule has 224 valence electrons. The molecule has 0 fully saturated rings. The van der Waals surface area contributed by atoms with Crippen molar-refractivity contribution in [2.75, 3.05) is 19.8 Å². The largest absolute Gasteiger partial charge is 0.396 e. The Bertz CT molecular complexity index is 465. The van der Waals surface area contributed by atoms with Gasteiger partial charge in [0.2, 0.25) is 0 Å². The third kappa shape index (κ3) is 23.3. The third-order valence-electron chi connectivity index (χ3n) is 7.04. The van der Waals surface area contributed by atoms with Gasteiger partial charge in [0.25, 0.3) is 0 Å². The fourth-order valence-corrected chi connectivity index (χ4v) is 4.70. The fraction of sp³-hybridized carbons (Fsp3) is 0.967. The first-order valence-corrected chi connectivity index (χ1v) is 16.0. The summed E-state index contributed by atoms with van der Waals surface area (Å²) < 4.78 is 5.05. The van der Waals surface area contributed by atoms with Gasteiger partial charge < -0.3 is 24.6 Å². The van der Waals surface area contributed by atoms with Crippen molar-refractivity contribution in [2.45, 2.75) is 161 Å². The van der Waals surface area contributed by atoms with Crippen molar-refractivity contribution in [3.8, 4) is 0 Å². The van der Waals surface area contributed by atoms with E-state index in [1.54, 1.807) is 0 Å². The topological polar surface area (TPSA) is 107 Å². The van der Waals surface area contributed by atoms with Gasteiger partial charge in [0, 0.05) is 11.7 Å². The summed E-state index contributed by atoms with van der Waals surface area (Å²) in [5.41, 5.74) is -1.15. The molecule has 0 radical (unpaired) electrons. The van der Waals surface area contributed by atoms with Gasteiger partial charge in [0.15, 0.2) is 0 Å². The van der Waals surface area contributed by atoms with Crippen LogP contribution in [0.1, 0.15) is 150 Å². The highest BCUT2D eigenvalue weighted by Crippen LogP contribution is 2.25. The van der Waals surface area contributed by atoms with Crippen LogP contribution in [-0.2, 0) is 8.98 Å². The van der Waals surface area contributed by atoms with E-state index in [1.807, 2.05) is 6.92 Å². The average molecular weight is 551 g/mol. The van der Waals surface area contributed by atoms with Crippen molar-refractivity contribution in [3.05, 3.63) is 0 Å². The highest BCUT2D eigenvalue weighted by molar-refractivity contribution is 7.95. The molecule has 2 atom stereocenters. The first-order valence-electron chi connectivity index (χ1n) is 15.2. The van der Waals surface area contributed by atoms with Crippen molar-refractivity contribution >= 4 is 18.0 Å². The lowest BCUT2D eigenvalue weighted by molar-refractivity contribution is -0.132. The second-order valence-corrected chi connectivity index (χ2v) is 11.8. The minimum atomic E-state index is -1.15. The molecule has 0 heterocycles. The van der Waals surface area contributed by atoms with E-state index < -0.39 is 31.3 Å². The number of unbranched alkanes of at least 4 members (excludes halogenated alkanes) is 14. The van der Waals surface area contributed by atoms with E-state index >= 15 is 0 Å². The van der Waals surface area contributed by atoms with Crippen LogP contribution in [0.15, 0.2) is 0 Å². The lowest BCUT2D eigenvalue weighted by Gasteiger charge is -2.32. The highest BCUT2D eigenvalue weighted by atomic mass is 32.2. The number of hydrogen-bond donors (Lipinski definition) is 4. The lowest BCUT2D eigenvalue weighted by atomic mass is 9.82. The molecule has 0 saturated heterocycles. The van der Waals surface area contributed by atoms with Crippen molar-refractivity contribution in [1.82, 2.24) is 0 Å². The first kappa shape index (κ1) is 38.8. The molecule has 0 saturated carbocycles. The van der Waals surface area contributed by atoms with Gasteiger partial charge in [0.05, 0.1) is 43.4 Å². The number of carbonyl (C=O) groups excluding carboxylic acids is 1. The van der Waals surface area contributed by atoms with Crippen LogP contribution in [0.4, 0.5) is 0 Å². The van der Waals surface area contributed by atoms with Crippen molar-refractivity contribution < 1.29 is 29.4 Å². The van der Waals surface area contributed by atoms with E-state index in [2.05, 4.69) is 20.8 Å². The number of rotatable bonds is 25. The van der Waals surface area contributed by atoms with Crippen LogP contribution >= 0.6 is 12.0 Å². The van der Waals surface area contributed by atoms with E-state index in [9.17, 15) is 25.2 Å². The van der Waals surface area contributed by atoms with Gasteiger partial charge in [-0.15, -0.1) is 0 Å². The summed E-state index contributed by atoms with van der Waals surface area (Å²) in [6.45, 7) is 7.25. The molecule has 7 heteroatoms. The predicted octanol–water partition coefficient (Wildman–Crippen LogP) is 7.35. The quantitative estimate of drug-likeness (QED) is 0.0695. The zero-order valence-electron chi connectivity index (χ0n) is 24.7. The van der Waals surface area contributed by atoms with Crippen molar-refractivity contribution in [3.63, 3.8) is 0 Å². The lowest BCUT2D eigenvalue weighted by Crippen LogP contribution is -2.45. The Morgan fingerprint density at radius 1 is 0.676 bits per heavy atom. The minimum absolute atomic E-state index is 0.109. The Kier molecular flexibility index (Phi) is 30.1. The van der Waals surface area contributed by atoms with Crippen LogP contribution in [0, 0.1) is 5.41 Å². The second-order valence-electron chi connectivity index (χ2n) is 10.6. The molecular formula is C30H62O6S. The predicted molar refractivity (Wildman–Crippen MR) is 158 cm³/mol. The molecule has 0 aromatic carbocycles. The Morgan fingerprint density at radius 3 is 1.43 bits per heavy atom. The summed E-state index contributed by atoms with van der Waals surface area (Å²) in [6, 6.07) is 0. The molecule has 0 rings (SSSR count). The number of carbonyl (C=O) groups is 1. The van der Waals surface area contributed by atoms with Crippen LogP contribution in [0.2, 0.25) is 0 Å². The zero-order chi connectivity index (χ0) is 28.2. The summed E-state index contributed by atoms with van der Waals surface area (Å²) in [4.78, 5) is 11.0. The van der Waals surface area contributed by atoms with Gasteiger partial charge in [0.1, 0.15) is 0 Å². The van der Waals surface area contributed by atoms with Gasteiger partial charge in [-0.05, 0) is 12.8 Å². The molecule has 0 aliphatic carbocycles. The number of hydrogen-bond acceptors (Lipinski definition) is 7. The van der Waals surface area contributed by atoms with Crippen LogP contribution < -0.4 is 0 Å². The highest BCUT2D eigenvalue weighted by Gasteiger charge is 2.36. The number of aliphatic hydroxyl groups is 4. The Hall–Kier alpha value is -0.340. The molecular weight excluding hydrogens is 488 g/mol. The summed E-state index contributed by atoms with van der Waals surface area (Å²) in [7, 11) is 0. The van der Waals surface area contributed by atoms with E-state index in [0.29, 0.717) is 18.1 Å². The Balaban J connectivity index is 0. The monoisotopic (exact) mass is 550 g/mol. The summed E-state index contributed by atoms with van der Waals surface area (Å²) >= 11 is 1.33. The van der Waals surface area contributed by atoms with E-state index in [0.717, 1.165) is 19.3 Å². The molecule has 0 aromatic heterocycles.